The number of nitrogens with zero attached hydrogens (tertiary/aromatic N) is 2. The number of benzene rings is 4. The number of rotatable bonds is 18. The Bertz CT molecular complexity index is 1640. The van der Waals surface area contributed by atoms with Gasteiger partial charge in [0.2, 0.25) is 5.75 Å². The Labute approximate surface area is 281 Å². The van der Waals surface area contributed by atoms with Crippen molar-refractivity contribution in [1.82, 2.24) is 0 Å². The molecule has 0 amide bonds. The molecule has 48 heavy (non-hydrogen) atoms. The van der Waals surface area contributed by atoms with Crippen molar-refractivity contribution in [1.29, 1.82) is 0 Å². The maximum atomic E-state index is 13.0. The van der Waals surface area contributed by atoms with Gasteiger partial charge < -0.3 is 28.4 Å². The molecule has 252 valence electrons. The monoisotopic (exact) mass is 654 g/mol. The fraction of sp³-hybridized carbons (Fsp3) is 0.316. The second-order valence-corrected chi connectivity index (χ2v) is 10.5. The van der Waals surface area contributed by atoms with Gasteiger partial charge in [0.25, 0.3) is 0 Å². The topological polar surface area (TPSA) is 114 Å². The summed E-state index contributed by atoms with van der Waals surface area (Å²) in [6.07, 6.45) is 4.01. The molecule has 0 spiro atoms. The average molecular weight is 655 g/mol. The number of hydrogen-bond donors (Lipinski definition) is 0. The third kappa shape index (κ3) is 10.3. The van der Waals surface area contributed by atoms with Gasteiger partial charge in [-0.1, -0.05) is 26.7 Å². The Morgan fingerprint density at radius 3 is 1.54 bits per heavy atom. The predicted octanol–water partition coefficient (Wildman–Crippen LogP) is 9.70. The molecule has 10 heteroatoms. The van der Waals surface area contributed by atoms with Crippen LogP contribution in [-0.2, 0) is 0 Å². The zero-order valence-electron chi connectivity index (χ0n) is 27.9. The molecule has 0 unspecified atom stereocenters. The van der Waals surface area contributed by atoms with E-state index >= 15 is 0 Å². The summed E-state index contributed by atoms with van der Waals surface area (Å²) in [6.45, 7) is 9.71. The standard InChI is InChI=1S/C38H42N2O8/c1-5-9-25-45-30-17-11-27(12-18-30)37(41)47-32-21-15-29(16-22-32)39-40-33-23-24-34(36(44-8-4)35(33)43-7-3)48-38(42)28-13-19-31(20-14-28)46-26-10-6-2/h11-24H,5-10,25-26H2,1-4H3. The molecule has 0 aliphatic carbocycles. The summed E-state index contributed by atoms with van der Waals surface area (Å²) < 4.78 is 34.3. The minimum absolute atomic E-state index is 0.192. The molecule has 10 nitrogen and oxygen atoms in total. The lowest BCUT2D eigenvalue weighted by molar-refractivity contribution is 0.0721. The molecule has 4 aromatic rings. The van der Waals surface area contributed by atoms with Crippen molar-refractivity contribution in [3.05, 3.63) is 96.1 Å². The molecule has 0 fully saturated rings. The first-order valence-corrected chi connectivity index (χ1v) is 16.3. The largest absolute Gasteiger partial charge is 0.494 e. The predicted molar refractivity (Wildman–Crippen MR) is 183 cm³/mol. The molecule has 0 heterocycles. The van der Waals surface area contributed by atoms with E-state index in [1.54, 1.807) is 84.9 Å². The van der Waals surface area contributed by atoms with Crippen LogP contribution in [0.25, 0.3) is 0 Å². The van der Waals surface area contributed by atoms with Crippen LogP contribution in [0.3, 0.4) is 0 Å². The van der Waals surface area contributed by atoms with Crippen LogP contribution in [0.1, 0.15) is 74.1 Å². The van der Waals surface area contributed by atoms with Gasteiger partial charge in [0.1, 0.15) is 22.9 Å². The lowest BCUT2D eigenvalue weighted by Gasteiger charge is -2.16. The summed E-state index contributed by atoms with van der Waals surface area (Å²) in [6, 6.07) is 23.5. The highest BCUT2D eigenvalue weighted by Crippen LogP contribution is 2.45. The third-order valence-electron chi connectivity index (χ3n) is 6.87. The van der Waals surface area contributed by atoms with E-state index in [9.17, 15) is 9.59 Å². The van der Waals surface area contributed by atoms with Crippen molar-refractivity contribution in [3.63, 3.8) is 0 Å². The van der Waals surface area contributed by atoms with E-state index in [1.807, 2.05) is 13.8 Å². The normalized spacial score (nSPS) is 10.8. The van der Waals surface area contributed by atoms with E-state index in [-0.39, 0.29) is 11.5 Å². The molecule has 0 bridgehead atoms. The van der Waals surface area contributed by atoms with Gasteiger partial charge in [0.15, 0.2) is 11.5 Å². The van der Waals surface area contributed by atoms with Crippen LogP contribution >= 0.6 is 0 Å². The average Bonchev–Trinajstić information content (AvgIpc) is 3.10. The highest BCUT2D eigenvalue weighted by molar-refractivity contribution is 5.92. The summed E-state index contributed by atoms with van der Waals surface area (Å²) in [5.74, 6) is 1.45. The lowest BCUT2D eigenvalue weighted by Crippen LogP contribution is -2.10. The lowest BCUT2D eigenvalue weighted by atomic mass is 10.2. The van der Waals surface area contributed by atoms with Crippen molar-refractivity contribution >= 4 is 23.3 Å². The summed E-state index contributed by atoms with van der Waals surface area (Å²) >= 11 is 0. The number of carbonyl (C=O) groups is 2. The summed E-state index contributed by atoms with van der Waals surface area (Å²) in [5.41, 5.74) is 1.67. The van der Waals surface area contributed by atoms with Gasteiger partial charge >= 0.3 is 11.9 Å². The number of ether oxygens (including phenoxy) is 6. The summed E-state index contributed by atoms with van der Waals surface area (Å²) in [5, 5.41) is 8.70. The summed E-state index contributed by atoms with van der Waals surface area (Å²) in [4.78, 5) is 25.6. The minimum Gasteiger partial charge on any atom is -0.494 e. The SMILES string of the molecule is CCCCOc1ccc(C(=O)Oc2ccc(N=Nc3ccc(OC(=O)c4ccc(OCCCC)cc4)c(OCC)c3OCC)cc2)cc1. The zero-order valence-corrected chi connectivity index (χ0v) is 27.9. The van der Waals surface area contributed by atoms with Crippen LogP contribution in [0.15, 0.2) is 95.2 Å². The van der Waals surface area contributed by atoms with Gasteiger partial charge in [0.05, 0.1) is 43.2 Å². The van der Waals surface area contributed by atoms with Crippen LogP contribution in [0.5, 0.6) is 34.5 Å². The molecule has 4 aromatic carbocycles. The van der Waals surface area contributed by atoms with Gasteiger partial charge in [0, 0.05) is 0 Å². The minimum atomic E-state index is -0.554. The van der Waals surface area contributed by atoms with Gasteiger partial charge in [-0.15, -0.1) is 5.11 Å². The number of azo groups is 1. The number of esters is 2. The van der Waals surface area contributed by atoms with Crippen LogP contribution < -0.4 is 28.4 Å². The van der Waals surface area contributed by atoms with Gasteiger partial charge in [-0.05, 0) is 112 Å². The maximum absolute atomic E-state index is 13.0. The van der Waals surface area contributed by atoms with Crippen LogP contribution in [0.4, 0.5) is 11.4 Å². The van der Waals surface area contributed by atoms with Crippen molar-refractivity contribution in [2.45, 2.75) is 53.4 Å². The fourth-order valence-electron chi connectivity index (χ4n) is 4.32. The first-order chi connectivity index (χ1) is 23.4. The molecule has 0 saturated heterocycles. The molecule has 0 atom stereocenters. The first kappa shape index (κ1) is 35.5. The van der Waals surface area contributed by atoms with E-state index in [4.69, 9.17) is 28.4 Å². The number of carbonyl (C=O) groups excluding carboxylic acids is 2. The quantitative estimate of drug-likeness (QED) is 0.0451. The second kappa shape index (κ2) is 18.7. The van der Waals surface area contributed by atoms with Crippen molar-refractivity contribution in [2.24, 2.45) is 10.2 Å². The molecule has 0 N–H and O–H groups in total. The summed E-state index contributed by atoms with van der Waals surface area (Å²) in [7, 11) is 0. The fourth-order valence-corrected chi connectivity index (χ4v) is 4.32. The highest BCUT2D eigenvalue weighted by atomic mass is 16.6. The molecule has 0 saturated carbocycles. The maximum Gasteiger partial charge on any atom is 0.343 e. The van der Waals surface area contributed by atoms with Crippen molar-refractivity contribution in [3.8, 4) is 34.5 Å². The van der Waals surface area contributed by atoms with Crippen molar-refractivity contribution in [2.75, 3.05) is 26.4 Å². The van der Waals surface area contributed by atoms with E-state index in [1.165, 1.54) is 0 Å². The second-order valence-electron chi connectivity index (χ2n) is 10.5. The van der Waals surface area contributed by atoms with E-state index in [0.717, 1.165) is 25.7 Å². The van der Waals surface area contributed by atoms with Gasteiger partial charge in [-0.3, -0.25) is 0 Å². The Balaban J connectivity index is 1.43. The molecule has 0 aliphatic rings. The highest BCUT2D eigenvalue weighted by Gasteiger charge is 2.21. The van der Waals surface area contributed by atoms with Crippen LogP contribution in [0, 0.1) is 0 Å². The molecular weight excluding hydrogens is 612 g/mol. The Hall–Kier alpha value is -5.38. The van der Waals surface area contributed by atoms with E-state index in [2.05, 4.69) is 24.1 Å². The van der Waals surface area contributed by atoms with Crippen LogP contribution in [-0.4, -0.2) is 38.4 Å². The smallest absolute Gasteiger partial charge is 0.343 e. The number of hydrogen-bond acceptors (Lipinski definition) is 10. The van der Waals surface area contributed by atoms with Gasteiger partial charge in [-0.2, -0.15) is 5.11 Å². The van der Waals surface area contributed by atoms with Crippen LogP contribution in [0.2, 0.25) is 0 Å². The Morgan fingerprint density at radius 2 is 1.02 bits per heavy atom. The Morgan fingerprint density at radius 1 is 0.521 bits per heavy atom. The van der Waals surface area contributed by atoms with E-state index < -0.39 is 11.9 Å². The van der Waals surface area contributed by atoms with E-state index in [0.29, 0.717) is 71.9 Å². The molecule has 0 aliphatic heterocycles. The molecular formula is C38H42N2O8. The zero-order chi connectivity index (χ0) is 34.1. The molecule has 0 radical (unpaired) electrons. The molecule has 4 rings (SSSR count). The molecule has 0 aromatic heterocycles. The first-order valence-electron chi connectivity index (χ1n) is 16.3. The third-order valence-corrected chi connectivity index (χ3v) is 6.87. The van der Waals surface area contributed by atoms with Crippen molar-refractivity contribution < 1.29 is 38.0 Å². The Kier molecular flexibility index (Phi) is 13.8. The number of unbranched alkanes of at least 4 members (excludes halogenated alkanes) is 2. The van der Waals surface area contributed by atoms with Gasteiger partial charge in [-0.25, -0.2) is 9.59 Å².